The first-order valence-electron chi connectivity index (χ1n) is 16.5. The lowest BCUT2D eigenvalue weighted by Gasteiger charge is -2.34. The third kappa shape index (κ3) is 9.51. The summed E-state index contributed by atoms with van der Waals surface area (Å²) in [7, 11) is 0. The number of unbranched alkanes of at least 4 members (excludes halogenated alkanes) is 4. The summed E-state index contributed by atoms with van der Waals surface area (Å²) in [6.07, 6.45) is 14.3. The molecule has 0 spiro atoms. The number of hydrogen-bond donors (Lipinski definition) is 4. The topological polar surface area (TPSA) is 135 Å². The maximum Gasteiger partial charge on any atom is 0.253 e. The molecule has 4 rings (SSSR count). The molecule has 0 saturated carbocycles. The molecule has 4 amide bonds. The Balaban J connectivity index is 1.02. The standard InChI is InChI=1S/C34H49N5O5S/c1-3-25-26-12-13-27(40)33(32(26)37-34(25)45-2)38-22-17-24(18-23-38)16-20-36-29(42)10-6-4-8-19-35-28(41)11-7-5-9-21-39-30(43)14-15-31(39)44/h12-15,24,37,40H,3-11,16-23H2,1-2H3,(H,35,41)(H,36,42). The molecule has 1 fully saturated rings. The number of phenols is 1. The third-order valence-corrected chi connectivity index (χ3v) is 9.70. The molecule has 2 aliphatic rings. The van der Waals surface area contributed by atoms with Crippen LogP contribution in [0.4, 0.5) is 5.69 Å². The summed E-state index contributed by atoms with van der Waals surface area (Å²) in [5.74, 6) is 0.459. The van der Waals surface area contributed by atoms with E-state index in [0.717, 1.165) is 82.1 Å². The lowest BCUT2D eigenvalue weighted by molar-refractivity contribution is -0.137. The van der Waals surface area contributed by atoms with Gasteiger partial charge in [-0.1, -0.05) is 19.8 Å². The number of aromatic amines is 1. The quantitative estimate of drug-likeness (QED) is 0.102. The largest absolute Gasteiger partial charge is 0.506 e. The Morgan fingerprint density at radius 3 is 2.22 bits per heavy atom. The number of aromatic nitrogens is 1. The first-order valence-corrected chi connectivity index (χ1v) is 17.8. The minimum absolute atomic E-state index is 0.0158. The summed E-state index contributed by atoms with van der Waals surface area (Å²) in [4.78, 5) is 54.5. The first kappa shape index (κ1) is 34.4. The molecule has 45 heavy (non-hydrogen) atoms. The van der Waals surface area contributed by atoms with Crippen molar-refractivity contribution < 1.29 is 24.3 Å². The molecule has 1 saturated heterocycles. The van der Waals surface area contributed by atoms with Gasteiger partial charge in [-0.15, -0.1) is 11.8 Å². The Kier molecular flexibility index (Phi) is 13.2. The molecule has 1 aromatic heterocycles. The first-order chi connectivity index (χ1) is 21.8. The second kappa shape index (κ2) is 17.3. The molecule has 1 aromatic carbocycles. The van der Waals surface area contributed by atoms with E-state index < -0.39 is 0 Å². The summed E-state index contributed by atoms with van der Waals surface area (Å²) in [5.41, 5.74) is 3.25. The minimum Gasteiger partial charge on any atom is -0.506 e. The van der Waals surface area contributed by atoms with E-state index in [1.54, 1.807) is 11.8 Å². The third-order valence-electron chi connectivity index (χ3n) is 8.95. The van der Waals surface area contributed by atoms with Gasteiger partial charge < -0.3 is 25.6 Å². The van der Waals surface area contributed by atoms with Gasteiger partial charge in [0.2, 0.25) is 11.8 Å². The number of carbonyl (C=O) groups excluding carboxylic acids is 4. The normalized spacial score (nSPS) is 15.4. The van der Waals surface area contributed by atoms with Gasteiger partial charge in [0, 0.05) is 63.1 Å². The van der Waals surface area contributed by atoms with E-state index in [4.69, 9.17) is 0 Å². The van der Waals surface area contributed by atoms with E-state index in [2.05, 4.69) is 33.7 Å². The highest BCUT2D eigenvalue weighted by Gasteiger charge is 2.25. The number of anilines is 1. The highest BCUT2D eigenvalue weighted by molar-refractivity contribution is 7.98. The van der Waals surface area contributed by atoms with E-state index in [0.29, 0.717) is 50.6 Å². The fourth-order valence-corrected chi connectivity index (χ4v) is 7.06. The number of phenolic OH excluding ortho intramolecular Hbond substituents is 1. The van der Waals surface area contributed by atoms with Crippen LogP contribution in [0.2, 0.25) is 0 Å². The molecule has 0 atom stereocenters. The number of H-pyrrole nitrogens is 1. The summed E-state index contributed by atoms with van der Waals surface area (Å²) in [5, 5.41) is 19.1. The zero-order valence-electron chi connectivity index (χ0n) is 26.8. The molecule has 0 bridgehead atoms. The fourth-order valence-electron chi connectivity index (χ4n) is 6.35. The molecule has 2 aromatic rings. The molecule has 4 N–H and O–H groups in total. The van der Waals surface area contributed by atoms with E-state index in [-0.39, 0.29) is 23.6 Å². The molecule has 0 unspecified atom stereocenters. The average Bonchev–Trinajstić information content (AvgIpc) is 3.57. The molecule has 11 heteroatoms. The van der Waals surface area contributed by atoms with Gasteiger partial charge in [0.25, 0.3) is 11.8 Å². The van der Waals surface area contributed by atoms with Crippen LogP contribution in [0.25, 0.3) is 10.9 Å². The SMILES string of the molecule is CCc1c(SC)[nH]c2c(N3CCC(CCNC(=O)CCCCCNC(=O)CCCCCN4C(=O)C=CC4=O)CC3)c(O)ccc12. The van der Waals surface area contributed by atoms with Gasteiger partial charge in [-0.05, 0) is 81.2 Å². The Labute approximate surface area is 270 Å². The number of aryl methyl sites for hydroxylation is 1. The number of imide groups is 1. The van der Waals surface area contributed by atoms with Crippen LogP contribution in [-0.2, 0) is 25.6 Å². The fraction of sp³-hybridized carbons (Fsp3) is 0.588. The average molecular weight is 640 g/mol. The smallest absolute Gasteiger partial charge is 0.253 e. The number of rotatable bonds is 18. The van der Waals surface area contributed by atoms with Crippen LogP contribution in [0.5, 0.6) is 5.75 Å². The van der Waals surface area contributed by atoms with Crippen molar-refractivity contribution in [3.8, 4) is 5.75 Å². The number of nitrogens with zero attached hydrogens (tertiary/aromatic N) is 2. The maximum atomic E-state index is 12.3. The number of benzene rings is 1. The van der Waals surface area contributed by atoms with Gasteiger partial charge >= 0.3 is 0 Å². The van der Waals surface area contributed by atoms with Crippen LogP contribution in [0, 0.1) is 5.92 Å². The van der Waals surface area contributed by atoms with Crippen molar-refractivity contribution in [2.24, 2.45) is 5.92 Å². The van der Waals surface area contributed by atoms with Gasteiger partial charge in [0.1, 0.15) is 11.4 Å². The van der Waals surface area contributed by atoms with Crippen LogP contribution in [0.15, 0.2) is 29.3 Å². The number of nitrogens with one attached hydrogen (secondary N) is 3. The lowest BCUT2D eigenvalue weighted by Crippen LogP contribution is -2.35. The Bertz CT molecular complexity index is 1350. The summed E-state index contributed by atoms with van der Waals surface area (Å²) in [6.45, 7) is 5.64. The molecule has 10 nitrogen and oxygen atoms in total. The van der Waals surface area contributed by atoms with Crippen molar-refractivity contribution >= 4 is 52.0 Å². The highest BCUT2D eigenvalue weighted by Crippen LogP contribution is 2.41. The molecule has 3 heterocycles. The Hall–Kier alpha value is -3.47. The van der Waals surface area contributed by atoms with Crippen LogP contribution in [-0.4, -0.2) is 77.6 Å². The minimum atomic E-state index is -0.261. The molecule has 246 valence electrons. The van der Waals surface area contributed by atoms with Crippen molar-refractivity contribution in [1.82, 2.24) is 20.5 Å². The number of thioether (sulfide) groups is 1. The van der Waals surface area contributed by atoms with Gasteiger partial charge in [0.05, 0.1) is 10.5 Å². The second-order valence-electron chi connectivity index (χ2n) is 12.0. The zero-order valence-corrected chi connectivity index (χ0v) is 27.6. The predicted octanol–water partition coefficient (Wildman–Crippen LogP) is 5.04. The van der Waals surface area contributed by atoms with Crippen LogP contribution in [0.1, 0.15) is 83.1 Å². The maximum absolute atomic E-state index is 12.3. The predicted molar refractivity (Wildman–Crippen MR) is 179 cm³/mol. The van der Waals surface area contributed by atoms with Gasteiger partial charge in [0.15, 0.2) is 0 Å². The number of piperidine rings is 1. The highest BCUT2D eigenvalue weighted by atomic mass is 32.2. The second-order valence-corrected chi connectivity index (χ2v) is 12.9. The van der Waals surface area contributed by atoms with Crippen molar-refractivity contribution in [3.05, 3.63) is 29.8 Å². The van der Waals surface area contributed by atoms with E-state index in [1.165, 1.54) is 33.0 Å². The zero-order chi connectivity index (χ0) is 32.2. The molecule has 0 radical (unpaired) electrons. The molecule has 0 aliphatic carbocycles. The van der Waals surface area contributed by atoms with Crippen LogP contribution >= 0.6 is 11.8 Å². The summed E-state index contributed by atoms with van der Waals surface area (Å²) < 4.78 is 0. The van der Waals surface area contributed by atoms with Gasteiger partial charge in [-0.25, -0.2) is 0 Å². The van der Waals surface area contributed by atoms with Crippen LogP contribution < -0.4 is 15.5 Å². The molecule has 2 aliphatic heterocycles. The van der Waals surface area contributed by atoms with E-state index >= 15 is 0 Å². The van der Waals surface area contributed by atoms with Crippen molar-refractivity contribution in [1.29, 1.82) is 0 Å². The molecular weight excluding hydrogens is 590 g/mol. The van der Waals surface area contributed by atoms with E-state index in [9.17, 15) is 24.3 Å². The summed E-state index contributed by atoms with van der Waals surface area (Å²) in [6, 6.07) is 3.84. The van der Waals surface area contributed by atoms with E-state index in [1.807, 2.05) is 12.1 Å². The van der Waals surface area contributed by atoms with Gasteiger partial charge in [-0.2, -0.15) is 0 Å². The monoisotopic (exact) mass is 639 g/mol. The summed E-state index contributed by atoms with van der Waals surface area (Å²) >= 11 is 1.71. The Morgan fingerprint density at radius 1 is 0.933 bits per heavy atom. The number of fused-ring (bicyclic) bond motifs is 1. The number of amides is 4. The Morgan fingerprint density at radius 2 is 1.58 bits per heavy atom. The van der Waals surface area contributed by atoms with Crippen molar-refractivity contribution in [2.45, 2.75) is 89.0 Å². The van der Waals surface area contributed by atoms with Crippen molar-refractivity contribution in [3.63, 3.8) is 0 Å². The number of carbonyl (C=O) groups is 4. The van der Waals surface area contributed by atoms with Crippen molar-refractivity contribution in [2.75, 3.05) is 43.9 Å². The number of aromatic hydroxyl groups is 1. The van der Waals surface area contributed by atoms with Crippen LogP contribution in [0.3, 0.4) is 0 Å². The lowest BCUT2D eigenvalue weighted by atomic mass is 9.93. The van der Waals surface area contributed by atoms with Gasteiger partial charge in [-0.3, -0.25) is 24.1 Å². The molecular formula is C34H49N5O5S. The number of hydrogen-bond acceptors (Lipinski definition) is 7.